The van der Waals surface area contributed by atoms with E-state index in [9.17, 15) is 14.4 Å². The molecule has 7 nitrogen and oxygen atoms in total. The van der Waals surface area contributed by atoms with Gasteiger partial charge in [-0.2, -0.15) is 0 Å². The normalized spacial score (nSPS) is 12.6. The third-order valence-electron chi connectivity index (χ3n) is 4.30. The highest BCUT2D eigenvalue weighted by Crippen LogP contribution is 2.07. The van der Waals surface area contributed by atoms with Gasteiger partial charge in [-0.15, -0.1) is 0 Å². The van der Waals surface area contributed by atoms with Gasteiger partial charge in [-0.3, -0.25) is 14.4 Å². The van der Waals surface area contributed by atoms with Gasteiger partial charge in [-0.1, -0.05) is 60.7 Å². The summed E-state index contributed by atoms with van der Waals surface area (Å²) in [6.45, 7) is -0.198. The predicted octanol–water partition coefficient (Wildman–Crippen LogP) is 1.98. The molecule has 2 aromatic carbocycles. The third-order valence-corrected chi connectivity index (χ3v) is 4.30. The zero-order valence-corrected chi connectivity index (χ0v) is 16.2. The van der Waals surface area contributed by atoms with Crippen molar-refractivity contribution in [2.24, 2.45) is 11.5 Å². The van der Waals surface area contributed by atoms with E-state index in [4.69, 9.17) is 20.9 Å². The second kappa shape index (κ2) is 11.7. The first-order valence-electron chi connectivity index (χ1n) is 9.44. The molecule has 0 spiro atoms. The van der Waals surface area contributed by atoms with Crippen molar-refractivity contribution in [3.05, 3.63) is 71.8 Å². The highest BCUT2D eigenvalue weighted by atomic mass is 16.5. The number of nitrogens with two attached hydrogens (primary N) is 2. The van der Waals surface area contributed by atoms with E-state index < -0.39 is 24.0 Å². The number of esters is 2. The van der Waals surface area contributed by atoms with Crippen molar-refractivity contribution in [2.75, 3.05) is 6.61 Å². The van der Waals surface area contributed by atoms with Crippen LogP contribution in [0.15, 0.2) is 60.7 Å². The minimum absolute atomic E-state index is 0.161. The van der Waals surface area contributed by atoms with Crippen molar-refractivity contribution in [3.63, 3.8) is 0 Å². The summed E-state index contributed by atoms with van der Waals surface area (Å²) in [6, 6.07) is 16.2. The topological polar surface area (TPSA) is 122 Å². The quantitative estimate of drug-likeness (QED) is 0.438. The Bertz CT molecular complexity index is 795. The predicted molar refractivity (Wildman–Crippen MR) is 108 cm³/mol. The molecule has 0 aliphatic heterocycles. The second-order valence-electron chi connectivity index (χ2n) is 6.63. The zero-order valence-electron chi connectivity index (χ0n) is 16.2. The fourth-order valence-corrected chi connectivity index (χ4v) is 2.58. The number of carbonyl (C=O) groups is 3. The molecular formula is C22H26N2O5. The van der Waals surface area contributed by atoms with Gasteiger partial charge >= 0.3 is 11.9 Å². The minimum Gasteiger partial charge on any atom is -0.460 e. The van der Waals surface area contributed by atoms with Crippen LogP contribution >= 0.6 is 0 Å². The summed E-state index contributed by atoms with van der Waals surface area (Å²) in [4.78, 5) is 35.8. The first kappa shape index (κ1) is 22.3. The van der Waals surface area contributed by atoms with Crippen molar-refractivity contribution in [2.45, 2.75) is 38.0 Å². The van der Waals surface area contributed by atoms with Crippen LogP contribution in [0.1, 0.15) is 35.2 Å². The molecule has 29 heavy (non-hydrogen) atoms. The van der Waals surface area contributed by atoms with Crippen LogP contribution in [0.5, 0.6) is 0 Å². The molecule has 0 bridgehead atoms. The van der Waals surface area contributed by atoms with Gasteiger partial charge < -0.3 is 20.9 Å². The molecule has 2 rings (SSSR count). The maximum Gasteiger partial charge on any atom is 0.323 e. The number of ketones is 1. The fraction of sp³-hybridized carbons (Fsp3) is 0.318. The van der Waals surface area contributed by atoms with E-state index in [0.717, 1.165) is 5.56 Å². The Kier molecular flexibility index (Phi) is 9.01. The van der Waals surface area contributed by atoms with Crippen molar-refractivity contribution < 1.29 is 23.9 Å². The lowest BCUT2D eigenvalue weighted by Crippen LogP contribution is -2.35. The summed E-state index contributed by atoms with van der Waals surface area (Å²) in [6.07, 6.45) is 1.07. The molecule has 2 aromatic rings. The van der Waals surface area contributed by atoms with Crippen LogP contribution in [0.3, 0.4) is 0 Å². The summed E-state index contributed by atoms with van der Waals surface area (Å²) in [5.74, 6) is -1.46. The molecule has 0 saturated heterocycles. The van der Waals surface area contributed by atoms with Crippen molar-refractivity contribution in [1.82, 2.24) is 0 Å². The Balaban J connectivity index is 1.63. The molecule has 1 unspecified atom stereocenters. The van der Waals surface area contributed by atoms with Gasteiger partial charge in [0.25, 0.3) is 0 Å². The average molecular weight is 398 g/mol. The van der Waals surface area contributed by atoms with Crippen molar-refractivity contribution >= 4 is 17.7 Å². The van der Waals surface area contributed by atoms with Gasteiger partial charge in [0.2, 0.25) is 0 Å². The monoisotopic (exact) mass is 398 g/mol. The SMILES string of the molecule is NC(CCC[C@H](N)C(=O)OCC(=O)c1ccccc1)C(=O)OCc1ccccc1. The molecule has 154 valence electrons. The number of carbonyl (C=O) groups excluding carboxylic acids is 3. The van der Waals surface area contributed by atoms with Gasteiger partial charge in [-0.25, -0.2) is 0 Å². The van der Waals surface area contributed by atoms with Crippen LogP contribution in [0.25, 0.3) is 0 Å². The Morgan fingerprint density at radius 2 is 1.28 bits per heavy atom. The van der Waals surface area contributed by atoms with E-state index in [1.165, 1.54) is 0 Å². The first-order chi connectivity index (χ1) is 14.0. The van der Waals surface area contributed by atoms with Crippen LogP contribution in [0.2, 0.25) is 0 Å². The zero-order chi connectivity index (χ0) is 21.1. The van der Waals surface area contributed by atoms with Crippen LogP contribution in [0, 0.1) is 0 Å². The van der Waals surface area contributed by atoms with E-state index in [-0.39, 0.29) is 25.4 Å². The van der Waals surface area contributed by atoms with Gasteiger partial charge in [0.05, 0.1) is 0 Å². The number of rotatable bonds is 11. The Hall–Kier alpha value is -3.03. The summed E-state index contributed by atoms with van der Waals surface area (Å²) >= 11 is 0. The number of hydrogen-bond donors (Lipinski definition) is 2. The molecular weight excluding hydrogens is 372 g/mol. The van der Waals surface area contributed by atoms with Gasteiger partial charge in [0.15, 0.2) is 12.4 Å². The average Bonchev–Trinajstić information content (AvgIpc) is 2.76. The Morgan fingerprint density at radius 3 is 1.86 bits per heavy atom. The third kappa shape index (κ3) is 7.85. The molecule has 0 heterocycles. The molecule has 0 aliphatic rings. The van der Waals surface area contributed by atoms with Crippen LogP contribution in [-0.4, -0.2) is 36.4 Å². The van der Waals surface area contributed by atoms with Gasteiger partial charge in [-0.05, 0) is 24.8 Å². The number of hydrogen-bond acceptors (Lipinski definition) is 7. The van der Waals surface area contributed by atoms with E-state index in [0.29, 0.717) is 18.4 Å². The molecule has 0 aliphatic carbocycles. The molecule has 0 radical (unpaired) electrons. The molecule has 0 amide bonds. The van der Waals surface area contributed by atoms with Crippen LogP contribution in [-0.2, 0) is 25.7 Å². The highest BCUT2D eigenvalue weighted by Gasteiger charge is 2.19. The molecule has 4 N–H and O–H groups in total. The van der Waals surface area contributed by atoms with Crippen molar-refractivity contribution in [3.8, 4) is 0 Å². The molecule has 2 atom stereocenters. The van der Waals surface area contributed by atoms with E-state index in [1.54, 1.807) is 30.3 Å². The lowest BCUT2D eigenvalue weighted by Gasteiger charge is -2.14. The second-order valence-corrected chi connectivity index (χ2v) is 6.63. The van der Waals surface area contributed by atoms with Crippen LogP contribution in [0.4, 0.5) is 0 Å². The summed E-state index contributed by atoms with van der Waals surface area (Å²) < 4.78 is 10.2. The maximum atomic E-state index is 11.9. The lowest BCUT2D eigenvalue weighted by atomic mass is 10.1. The minimum atomic E-state index is -0.883. The van der Waals surface area contributed by atoms with Gasteiger partial charge in [0.1, 0.15) is 18.7 Å². The number of benzene rings is 2. The number of ether oxygens (including phenoxy) is 2. The summed E-state index contributed by atoms with van der Waals surface area (Å²) in [5, 5.41) is 0. The largest absolute Gasteiger partial charge is 0.460 e. The summed E-state index contributed by atoms with van der Waals surface area (Å²) in [7, 11) is 0. The van der Waals surface area contributed by atoms with Gasteiger partial charge in [0, 0.05) is 5.56 Å². The summed E-state index contributed by atoms with van der Waals surface area (Å²) in [5.41, 5.74) is 13.0. The maximum absolute atomic E-state index is 11.9. The fourth-order valence-electron chi connectivity index (χ4n) is 2.58. The molecule has 7 heteroatoms. The smallest absolute Gasteiger partial charge is 0.323 e. The highest BCUT2D eigenvalue weighted by molar-refractivity contribution is 5.98. The first-order valence-corrected chi connectivity index (χ1v) is 9.44. The lowest BCUT2D eigenvalue weighted by molar-refractivity contribution is -0.146. The van der Waals surface area contributed by atoms with E-state index >= 15 is 0 Å². The number of Topliss-reactive ketones (excluding diaryl/α,β-unsaturated/α-hetero) is 1. The van der Waals surface area contributed by atoms with Crippen molar-refractivity contribution in [1.29, 1.82) is 0 Å². The Labute approximate surface area is 170 Å². The van der Waals surface area contributed by atoms with E-state index in [1.807, 2.05) is 30.3 Å². The van der Waals surface area contributed by atoms with E-state index in [2.05, 4.69) is 0 Å². The molecule has 0 aromatic heterocycles. The van der Waals surface area contributed by atoms with Crippen LogP contribution < -0.4 is 11.5 Å². The standard InChI is InChI=1S/C22H26N2O5/c23-18(21(26)28-14-16-8-3-1-4-9-16)12-7-13-19(24)22(27)29-15-20(25)17-10-5-2-6-11-17/h1-6,8-11,18-19H,7,12-15,23-24H2/t18?,19-/m0/s1. The Morgan fingerprint density at radius 1 is 0.759 bits per heavy atom. The molecule has 0 fully saturated rings. The molecule has 0 saturated carbocycles.